The lowest BCUT2D eigenvalue weighted by Gasteiger charge is -2.40. The molecule has 1 heterocycles. The summed E-state index contributed by atoms with van der Waals surface area (Å²) >= 11 is 0. The topological polar surface area (TPSA) is 23.5 Å². The van der Waals surface area contributed by atoms with Crippen LogP contribution in [0.5, 0.6) is 0 Å². The van der Waals surface area contributed by atoms with Gasteiger partial charge in [-0.1, -0.05) is 26.2 Å². The van der Waals surface area contributed by atoms with E-state index in [1.54, 1.807) is 0 Å². The predicted octanol–water partition coefficient (Wildman–Crippen LogP) is 2.80. The maximum absolute atomic E-state index is 10.2. The minimum absolute atomic E-state index is 0.0547. The van der Waals surface area contributed by atoms with Crippen molar-refractivity contribution in [2.24, 2.45) is 5.92 Å². The lowest BCUT2D eigenvalue weighted by molar-refractivity contribution is 0.00377. The third kappa shape index (κ3) is 2.98. The van der Waals surface area contributed by atoms with E-state index in [2.05, 4.69) is 11.8 Å². The highest BCUT2D eigenvalue weighted by Crippen LogP contribution is 2.31. The summed E-state index contributed by atoms with van der Waals surface area (Å²) in [5.41, 5.74) is 0. The molecule has 0 aromatic rings. The van der Waals surface area contributed by atoms with E-state index in [1.165, 1.54) is 58.0 Å². The van der Waals surface area contributed by atoms with E-state index < -0.39 is 0 Å². The largest absolute Gasteiger partial charge is 0.391 e. The molecule has 2 rings (SSSR count). The molecule has 0 radical (unpaired) electrons. The number of nitrogens with zero attached hydrogens (tertiary/aromatic N) is 1. The smallest absolute Gasteiger partial charge is 0.0695 e. The highest BCUT2D eigenvalue weighted by Gasteiger charge is 2.32. The van der Waals surface area contributed by atoms with E-state index in [4.69, 9.17) is 0 Å². The van der Waals surface area contributed by atoms with E-state index in [9.17, 15) is 5.11 Å². The Morgan fingerprint density at radius 3 is 2.38 bits per heavy atom. The van der Waals surface area contributed by atoms with Gasteiger partial charge in [0.15, 0.2) is 0 Å². The molecule has 0 aromatic heterocycles. The molecule has 1 aliphatic carbocycles. The minimum Gasteiger partial charge on any atom is -0.391 e. The van der Waals surface area contributed by atoms with Gasteiger partial charge in [0, 0.05) is 6.04 Å². The van der Waals surface area contributed by atoms with Gasteiger partial charge >= 0.3 is 0 Å². The summed E-state index contributed by atoms with van der Waals surface area (Å²) in [5.74, 6) is 0.858. The van der Waals surface area contributed by atoms with Crippen molar-refractivity contribution in [3.8, 4) is 0 Å². The van der Waals surface area contributed by atoms with Crippen LogP contribution in [0.25, 0.3) is 0 Å². The summed E-state index contributed by atoms with van der Waals surface area (Å²) in [5, 5.41) is 10.2. The van der Waals surface area contributed by atoms with Gasteiger partial charge in [0.2, 0.25) is 0 Å². The van der Waals surface area contributed by atoms with Gasteiger partial charge in [-0.25, -0.2) is 0 Å². The van der Waals surface area contributed by atoms with Crippen LogP contribution < -0.4 is 0 Å². The third-order valence-corrected chi connectivity index (χ3v) is 4.58. The SMILES string of the molecule is CCC1CCC(O)C(N2CCCCCC2)C1. The molecule has 0 aromatic carbocycles. The molecule has 1 aliphatic heterocycles. The molecule has 2 heteroatoms. The lowest BCUT2D eigenvalue weighted by Crippen LogP contribution is -2.47. The van der Waals surface area contributed by atoms with Gasteiger partial charge in [-0.15, -0.1) is 0 Å². The Morgan fingerprint density at radius 1 is 1.06 bits per heavy atom. The lowest BCUT2D eigenvalue weighted by atomic mass is 9.81. The summed E-state index contributed by atoms with van der Waals surface area (Å²) in [4.78, 5) is 2.58. The number of aliphatic hydroxyl groups is 1. The second kappa shape index (κ2) is 6.02. The number of likely N-dealkylation sites (tertiary alicyclic amines) is 1. The maximum atomic E-state index is 10.2. The van der Waals surface area contributed by atoms with Crippen molar-refractivity contribution in [2.75, 3.05) is 13.1 Å². The van der Waals surface area contributed by atoms with Crippen molar-refractivity contribution in [1.82, 2.24) is 4.90 Å². The van der Waals surface area contributed by atoms with Crippen LogP contribution in [0.1, 0.15) is 58.3 Å². The summed E-state index contributed by atoms with van der Waals surface area (Å²) < 4.78 is 0. The van der Waals surface area contributed by atoms with Crippen LogP contribution in [-0.2, 0) is 0 Å². The molecule has 1 saturated carbocycles. The molecule has 3 atom stereocenters. The molecule has 1 saturated heterocycles. The number of aliphatic hydroxyl groups excluding tert-OH is 1. The zero-order valence-electron chi connectivity index (χ0n) is 10.7. The second-order valence-corrected chi connectivity index (χ2v) is 5.67. The molecule has 2 nitrogen and oxygen atoms in total. The van der Waals surface area contributed by atoms with Gasteiger partial charge in [-0.05, 0) is 51.1 Å². The molecule has 0 spiro atoms. The van der Waals surface area contributed by atoms with Crippen molar-refractivity contribution in [3.05, 3.63) is 0 Å². The van der Waals surface area contributed by atoms with Gasteiger partial charge in [-0.2, -0.15) is 0 Å². The fourth-order valence-electron chi connectivity index (χ4n) is 3.41. The quantitative estimate of drug-likeness (QED) is 0.781. The summed E-state index contributed by atoms with van der Waals surface area (Å²) in [7, 11) is 0. The molecule has 0 bridgehead atoms. The third-order valence-electron chi connectivity index (χ3n) is 4.58. The van der Waals surface area contributed by atoms with Crippen molar-refractivity contribution in [3.63, 3.8) is 0 Å². The molecule has 2 fully saturated rings. The first-order valence-electron chi connectivity index (χ1n) is 7.23. The molecule has 2 aliphatic rings. The van der Waals surface area contributed by atoms with Gasteiger partial charge in [0.1, 0.15) is 0 Å². The zero-order chi connectivity index (χ0) is 11.4. The van der Waals surface area contributed by atoms with Crippen LogP contribution in [0, 0.1) is 5.92 Å². The Balaban J connectivity index is 1.93. The first kappa shape index (κ1) is 12.4. The van der Waals surface area contributed by atoms with Crippen molar-refractivity contribution < 1.29 is 5.11 Å². The number of rotatable bonds is 2. The van der Waals surface area contributed by atoms with E-state index >= 15 is 0 Å². The normalized spacial score (nSPS) is 38.2. The number of hydrogen-bond acceptors (Lipinski definition) is 2. The van der Waals surface area contributed by atoms with Crippen molar-refractivity contribution >= 4 is 0 Å². The fourth-order valence-corrected chi connectivity index (χ4v) is 3.41. The minimum atomic E-state index is -0.0547. The summed E-state index contributed by atoms with van der Waals surface area (Å²) in [6.45, 7) is 4.73. The van der Waals surface area contributed by atoms with Gasteiger partial charge in [0.25, 0.3) is 0 Å². The monoisotopic (exact) mass is 225 g/mol. The Hall–Kier alpha value is -0.0800. The highest BCUT2D eigenvalue weighted by atomic mass is 16.3. The number of hydrogen-bond donors (Lipinski definition) is 1. The van der Waals surface area contributed by atoms with Gasteiger partial charge in [0.05, 0.1) is 6.10 Å². The average molecular weight is 225 g/mol. The van der Waals surface area contributed by atoms with E-state index in [-0.39, 0.29) is 6.10 Å². The standard InChI is InChI=1S/C14H27NO/c1-2-12-7-8-14(16)13(11-12)15-9-5-3-4-6-10-15/h12-14,16H,2-11H2,1H3. The predicted molar refractivity (Wildman–Crippen MR) is 67.5 cm³/mol. The highest BCUT2D eigenvalue weighted by molar-refractivity contribution is 4.87. The molecule has 94 valence electrons. The Bertz CT molecular complexity index is 199. The Labute approximate surface area is 100 Å². The first-order valence-corrected chi connectivity index (χ1v) is 7.23. The second-order valence-electron chi connectivity index (χ2n) is 5.67. The zero-order valence-corrected chi connectivity index (χ0v) is 10.7. The molecule has 16 heavy (non-hydrogen) atoms. The van der Waals surface area contributed by atoms with Gasteiger partial charge in [-0.3, -0.25) is 4.90 Å². The fraction of sp³-hybridized carbons (Fsp3) is 1.00. The van der Waals surface area contributed by atoms with Crippen molar-refractivity contribution in [1.29, 1.82) is 0 Å². The van der Waals surface area contributed by atoms with E-state index in [0.29, 0.717) is 6.04 Å². The Kier molecular flexibility index (Phi) is 4.66. The van der Waals surface area contributed by atoms with Crippen LogP contribution in [0.4, 0.5) is 0 Å². The molecule has 3 unspecified atom stereocenters. The van der Waals surface area contributed by atoms with Crippen LogP contribution in [-0.4, -0.2) is 35.2 Å². The molecule has 1 N–H and O–H groups in total. The Morgan fingerprint density at radius 2 is 1.75 bits per heavy atom. The molecule has 0 amide bonds. The van der Waals surface area contributed by atoms with Crippen molar-refractivity contribution in [2.45, 2.75) is 70.4 Å². The van der Waals surface area contributed by atoms with Crippen LogP contribution in [0.3, 0.4) is 0 Å². The van der Waals surface area contributed by atoms with E-state index in [0.717, 1.165) is 12.3 Å². The van der Waals surface area contributed by atoms with Crippen LogP contribution in [0.2, 0.25) is 0 Å². The van der Waals surface area contributed by atoms with E-state index in [1.807, 2.05) is 0 Å². The summed E-state index contributed by atoms with van der Waals surface area (Å²) in [6.07, 6.45) is 10.2. The summed E-state index contributed by atoms with van der Waals surface area (Å²) in [6, 6.07) is 0.469. The van der Waals surface area contributed by atoms with Crippen LogP contribution >= 0.6 is 0 Å². The first-order chi connectivity index (χ1) is 7.81. The maximum Gasteiger partial charge on any atom is 0.0695 e. The average Bonchev–Trinajstić information content (AvgIpc) is 2.58. The molecular weight excluding hydrogens is 198 g/mol. The van der Waals surface area contributed by atoms with Gasteiger partial charge < -0.3 is 5.11 Å². The van der Waals surface area contributed by atoms with Crippen LogP contribution in [0.15, 0.2) is 0 Å². The molecular formula is C14H27NO.